The van der Waals surface area contributed by atoms with E-state index in [4.69, 9.17) is 4.74 Å². The SMILES string of the molecule is O=C(OCC(=O)N1CCCC1)c1cccc(CN2C(=O)c3ccccc3C2=O)c1. The number of hydrogen-bond acceptors (Lipinski definition) is 5. The van der Waals surface area contributed by atoms with Gasteiger partial charge in [0, 0.05) is 13.1 Å². The van der Waals surface area contributed by atoms with E-state index in [0.29, 0.717) is 29.8 Å². The van der Waals surface area contributed by atoms with Gasteiger partial charge in [0.1, 0.15) is 0 Å². The molecule has 2 aliphatic heterocycles. The van der Waals surface area contributed by atoms with E-state index >= 15 is 0 Å². The maximum absolute atomic E-state index is 12.5. The van der Waals surface area contributed by atoms with Gasteiger partial charge in [-0.3, -0.25) is 19.3 Å². The second-order valence-electron chi connectivity index (χ2n) is 7.11. The third-order valence-corrected chi connectivity index (χ3v) is 5.17. The van der Waals surface area contributed by atoms with Crippen molar-refractivity contribution in [1.82, 2.24) is 9.80 Å². The van der Waals surface area contributed by atoms with E-state index in [1.807, 2.05) is 0 Å². The van der Waals surface area contributed by atoms with Gasteiger partial charge in [-0.05, 0) is 42.7 Å². The van der Waals surface area contributed by atoms with Crippen molar-refractivity contribution in [3.8, 4) is 0 Å². The number of fused-ring (bicyclic) bond motifs is 1. The molecule has 0 spiro atoms. The topological polar surface area (TPSA) is 84.0 Å². The Morgan fingerprint density at radius 1 is 0.897 bits per heavy atom. The lowest BCUT2D eigenvalue weighted by molar-refractivity contribution is -0.133. The first-order chi connectivity index (χ1) is 14.0. The smallest absolute Gasteiger partial charge is 0.338 e. The Kier molecular flexibility index (Phi) is 5.12. The molecule has 2 heterocycles. The summed E-state index contributed by atoms with van der Waals surface area (Å²) in [7, 11) is 0. The molecule has 0 bridgehead atoms. The van der Waals surface area contributed by atoms with Crippen LogP contribution in [0.4, 0.5) is 0 Å². The molecule has 2 aliphatic rings. The standard InChI is InChI=1S/C22H20N2O5/c25-19(23-10-3-4-11-23)14-29-22(28)16-7-5-6-15(12-16)13-24-20(26)17-8-1-2-9-18(17)21(24)27/h1-2,5-9,12H,3-4,10-11,13-14H2. The third-order valence-electron chi connectivity index (χ3n) is 5.17. The summed E-state index contributed by atoms with van der Waals surface area (Å²) in [4.78, 5) is 52.2. The molecule has 29 heavy (non-hydrogen) atoms. The van der Waals surface area contributed by atoms with Crippen LogP contribution in [0.15, 0.2) is 48.5 Å². The number of rotatable bonds is 5. The van der Waals surface area contributed by atoms with E-state index in [2.05, 4.69) is 0 Å². The number of likely N-dealkylation sites (tertiary alicyclic amines) is 1. The number of hydrogen-bond donors (Lipinski definition) is 0. The van der Waals surface area contributed by atoms with Crippen LogP contribution in [0.5, 0.6) is 0 Å². The van der Waals surface area contributed by atoms with E-state index in [9.17, 15) is 19.2 Å². The molecule has 3 amide bonds. The first-order valence-corrected chi connectivity index (χ1v) is 9.53. The molecule has 7 nitrogen and oxygen atoms in total. The van der Waals surface area contributed by atoms with Crippen molar-refractivity contribution < 1.29 is 23.9 Å². The Balaban J connectivity index is 1.41. The molecule has 0 unspecified atom stereocenters. The molecule has 2 aromatic carbocycles. The molecule has 0 N–H and O–H groups in total. The molecule has 4 rings (SSSR count). The molecule has 148 valence electrons. The maximum atomic E-state index is 12.5. The highest BCUT2D eigenvalue weighted by molar-refractivity contribution is 6.21. The Hall–Kier alpha value is -3.48. The van der Waals surface area contributed by atoms with Crippen molar-refractivity contribution in [3.63, 3.8) is 0 Å². The fourth-order valence-corrected chi connectivity index (χ4v) is 3.63. The number of carbonyl (C=O) groups is 4. The predicted octanol–water partition coefficient (Wildman–Crippen LogP) is 2.26. The number of nitrogens with zero attached hydrogens (tertiary/aromatic N) is 2. The van der Waals surface area contributed by atoms with Gasteiger partial charge in [-0.2, -0.15) is 0 Å². The Morgan fingerprint density at radius 3 is 2.21 bits per heavy atom. The van der Waals surface area contributed by atoms with Crippen LogP contribution >= 0.6 is 0 Å². The Morgan fingerprint density at radius 2 is 1.55 bits per heavy atom. The van der Waals surface area contributed by atoms with Gasteiger partial charge >= 0.3 is 5.97 Å². The molecular formula is C22H20N2O5. The highest BCUT2D eigenvalue weighted by Gasteiger charge is 2.35. The van der Waals surface area contributed by atoms with Crippen LogP contribution in [0.1, 0.15) is 49.5 Å². The van der Waals surface area contributed by atoms with Crippen LogP contribution in [-0.4, -0.2) is 53.2 Å². The highest BCUT2D eigenvalue weighted by Crippen LogP contribution is 2.24. The zero-order valence-corrected chi connectivity index (χ0v) is 15.8. The molecule has 2 aromatic rings. The van der Waals surface area contributed by atoms with Gasteiger partial charge in [0.05, 0.1) is 23.2 Å². The average Bonchev–Trinajstić information content (AvgIpc) is 3.36. The highest BCUT2D eigenvalue weighted by atomic mass is 16.5. The van der Waals surface area contributed by atoms with Crippen LogP contribution in [0, 0.1) is 0 Å². The van der Waals surface area contributed by atoms with E-state index < -0.39 is 5.97 Å². The summed E-state index contributed by atoms with van der Waals surface area (Å²) in [6, 6.07) is 13.2. The molecule has 1 fully saturated rings. The van der Waals surface area contributed by atoms with Gasteiger partial charge in [-0.15, -0.1) is 0 Å². The summed E-state index contributed by atoms with van der Waals surface area (Å²) in [5.41, 5.74) is 1.66. The van der Waals surface area contributed by atoms with Gasteiger partial charge in [0.2, 0.25) is 0 Å². The average molecular weight is 392 g/mol. The second-order valence-corrected chi connectivity index (χ2v) is 7.11. The van der Waals surface area contributed by atoms with Gasteiger partial charge in [-0.25, -0.2) is 4.79 Å². The van der Waals surface area contributed by atoms with Crippen LogP contribution < -0.4 is 0 Å². The molecule has 0 aromatic heterocycles. The summed E-state index contributed by atoms with van der Waals surface area (Å²) >= 11 is 0. The van der Waals surface area contributed by atoms with Gasteiger partial charge in [0.25, 0.3) is 17.7 Å². The first-order valence-electron chi connectivity index (χ1n) is 9.53. The predicted molar refractivity (Wildman–Crippen MR) is 103 cm³/mol. The number of ether oxygens (including phenoxy) is 1. The number of esters is 1. The maximum Gasteiger partial charge on any atom is 0.338 e. The van der Waals surface area contributed by atoms with Crippen molar-refractivity contribution in [1.29, 1.82) is 0 Å². The van der Waals surface area contributed by atoms with E-state index in [0.717, 1.165) is 17.7 Å². The Bertz CT molecular complexity index is 959. The summed E-state index contributed by atoms with van der Waals surface area (Å²) in [6.07, 6.45) is 1.94. The molecule has 0 atom stereocenters. The zero-order valence-electron chi connectivity index (χ0n) is 15.8. The zero-order chi connectivity index (χ0) is 20.4. The van der Waals surface area contributed by atoms with Crippen molar-refractivity contribution in [2.45, 2.75) is 19.4 Å². The monoisotopic (exact) mass is 392 g/mol. The quantitative estimate of drug-likeness (QED) is 0.576. The minimum Gasteiger partial charge on any atom is -0.452 e. The lowest BCUT2D eigenvalue weighted by Crippen LogP contribution is -2.32. The molecular weight excluding hydrogens is 372 g/mol. The van der Waals surface area contributed by atoms with Crippen molar-refractivity contribution in [3.05, 3.63) is 70.8 Å². The lowest BCUT2D eigenvalue weighted by atomic mass is 10.1. The lowest BCUT2D eigenvalue weighted by Gasteiger charge is -2.16. The van der Waals surface area contributed by atoms with Crippen molar-refractivity contribution in [2.75, 3.05) is 19.7 Å². The normalized spacial score (nSPS) is 15.6. The molecule has 0 saturated carbocycles. The van der Waals surface area contributed by atoms with Gasteiger partial charge in [0.15, 0.2) is 6.61 Å². The van der Waals surface area contributed by atoms with Crippen LogP contribution in [-0.2, 0) is 16.1 Å². The second kappa shape index (κ2) is 7.87. The number of benzene rings is 2. The minimum atomic E-state index is -0.609. The van der Waals surface area contributed by atoms with Crippen LogP contribution in [0.3, 0.4) is 0 Å². The van der Waals surface area contributed by atoms with Crippen molar-refractivity contribution >= 4 is 23.7 Å². The molecule has 7 heteroatoms. The summed E-state index contributed by atoms with van der Waals surface area (Å²) < 4.78 is 5.14. The number of carbonyl (C=O) groups excluding carboxylic acids is 4. The van der Waals surface area contributed by atoms with Crippen LogP contribution in [0.25, 0.3) is 0 Å². The number of amides is 3. The van der Waals surface area contributed by atoms with Crippen LogP contribution in [0.2, 0.25) is 0 Å². The number of imide groups is 1. The molecule has 0 radical (unpaired) electrons. The van der Waals surface area contributed by atoms with E-state index in [-0.39, 0.29) is 36.4 Å². The van der Waals surface area contributed by atoms with E-state index in [1.165, 1.54) is 0 Å². The van der Waals surface area contributed by atoms with Gasteiger partial charge in [-0.1, -0.05) is 24.3 Å². The summed E-state index contributed by atoms with van der Waals surface area (Å²) in [6.45, 7) is 1.17. The van der Waals surface area contributed by atoms with Gasteiger partial charge < -0.3 is 9.64 Å². The molecule has 1 saturated heterocycles. The third kappa shape index (κ3) is 3.76. The van der Waals surface area contributed by atoms with Crippen molar-refractivity contribution in [2.24, 2.45) is 0 Å². The Labute approximate surface area is 167 Å². The first kappa shape index (κ1) is 18.9. The minimum absolute atomic E-state index is 0.0557. The van der Waals surface area contributed by atoms with E-state index in [1.54, 1.807) is 53.4 Å². The summed E-state index contributed by atoms with van der Waals surface area (Å²) in [5.74, 6) is -1.51. The molecule has 0 aliphatic carbocycles. The summed E-state index contributed by atoms with van der Waals surface area (Å²) in [5, 5.41) is 0. The fourth-order valence-electron chi connectivity index (χ4n) is 3.63. The largest absolute Gasteiger partial charge is 0.452 e. The fraction of sp³-hybridized carbons (Fsp3) is 0.273.